The Bertz CT molecular complexity index is 675. The number of nitrogens with two attached hydrogens (primary N) is 1. The number of esters is 1. The second-order valence-corrected chi connectivity index (χ2v) is 4.11. The van der Waals surface area contributed by atoms with Crippen LogP contribution in [0, 0.1) is 17.1 Å². The lowest BCUT2D eigenvalue weighted by molar-refractivity contribution is 0.0472. The van der Waals surface area contributed by atoms with Crippen LogP contribution in [0.5, 0.6) is 0 Å². The zero-order valence-electron chi connectivity index (χ0n) is 10.5. The fourth-order valence-corrected chi connectivity index (χ4v) is 1.64. The zero-order valence-corrected chi connectivity index (χ0v) is 10.5. The van der Waals surface area contributed by atoms with Gasteiger partial charge in [0.15, 0.2) is 0 Å². The first-order valence-electron chi connectivity index (χ1n) is 5.81. The number of nitriles is 1. The summed E-state index contributed by atoms with van der Waals surface area (Å²) >= 11 is 0. The van der Waals surface area contributed by atoms with Crippen molar-refractivity contribution in [3.8, 4) is 6.07 Å². The van der Waals surface area contributed by atoms with Gasteiger partial charge in [-0.05, 0) is 42.5 Å². The smallest absolute Gasteiger partial charge is 0.338 e. The molecular formula is C15H11FN2O2. The molecule has 0 spiro atoms. The number of hydrogen-bond donors (Lipinski definition) is 1. The van der Waals surface area contributed by atoms with E-state index in [-0.39, 0.29) is 12.2 Å². The number of rotatable bonds is 3. The number of halogens is 1. The van der Waals surface area contributed by atoms with E-state index in [2.05, 4.69) is 0 Å². The molecule has 0 saturated heterocycles. The average molecular weight is 270 g/mol. The highest BCUT2D eigenvalue weighted by Crippen LogP contribution is 2.13. The molecule has 0 heterocycles. The van der Waals surface area contributed by atoms with Crippen LogP contribution in [0.25, 0.3) is 0 Å². The molecule has 20 heavy (non-hydrogen) atoms. The van der Waals surface area contributed by atoms with Gasteiger partial charge in [0.05, 0.1) is 17.2 Å². The van der Waals surface area contributed by atoms with Crippen molar-refractivity contribution in [1.29, 1.82) is 5.26 Å². The van der Waals surface area contributed by atoms with Gasteiger partial charge in [-0.1, -0.05) is 0 Å². The van der Waals surface area contributed by atoms with Gasteiger partial charge in [0, 0.05) is 11.3 Å². The predicted octanol–water partition coefficient (Wildman–Crippen LogP) is 2.64. The molecule has 0 saturated carbocycles. The van der Waals surface area contributed by atoms with Crippen molar-refractivity contribution < 1.29 is 13.9 Å². The lowest BCUT2D eigenvalue weighted by Gasteiger charge is -2.07. The highest BCUT2D eigenvalue weighted by atomic mass is 19.1. The first-order valence-corrected chi connectivity index (χ1v) is 5.81. The summed E-state index contributed by atoms with van der Waals surface area (Å²) in [6, 6.07) is 11.9. The lowest BCUT2D eigenvalue weighted by Crippen LogP contribution is -2.06. The Morgan fingerprint density at radius 2 is 1.95 bits per heavy atom. The Balaban J connectivity index is 2.09. The van der Waals surface area contributed by atoms with Crippen molar-refractivity contribution >= 4 is 11.7 Å². The first kappa shape index (κ1) is 13.6. The van der Waals surface area contributed by atoms with Crippen LogP contribution in [-0.2, 0) is 11.3 Å². The molecule has 2 N–H and O–H groups in total. The van der Waals surface area contributed by atoms with Crippen LogP contribution in [0.15, 0.2) is 42.5 Å². The Hall–Kier alpha value is -2.87. The maximum atomic E-state index is 13.1. The molecule has 0 amide bonds. The maximum Gasteiger partial charge on any atom is 0.338 e. The quantitative estimate of drug-likeness (QED) is 0.687. The molecule has 0 unspecified atom stereocenters. The molecule has 5 heteroatoms. The first-order chi connectivity index (χ1) is 9.60. The summed E-state index contributed by atoms with van der Waals surface area (Å²) in [7, 11) is 0. The summed E-state index contributed by atoms with van der Waals surface area (Å²) < 4.78 is 18.2. The Morgan fingerprint density at radius 3 is 2.60 bits per heavy atom. The van der Waals surface area contributed by atoms with E-state index >= 15 is 0 Å². The molecule has 2 aromatic carbocycles. The van der Waals surface area contributed by atoms with Crippen LogP contribution in [0.4, 0.5) is 10.1 Å². The van der Waals surface area contributed by atoms with E-state index in [9.17, 15) is 9.18 Å². The molecule has 4 nitrogen and oxygen atoms in total. The van der Waals surface area contributed by atoms with Crippen LogP contribution in [0.3, 0.4) is 0 Å². The number of nitrogens with zero attached hydrogens (tertiary/aromatic N) is 1. The third kappa shape index (κ3) is 3.12. The Kier molecular flexibility index (Phi) is 3.96. The van der Waals surface area contributed by atoms with E-state index < -0.39 is 11.8 Å². The van der Waals surface area contributed by atoms with E-state index in [4.69, 9.17) is 15.7 Å². The van der Waals surface area contributed by atoms with Gasteiger partial charge in [-0.15, -0.1) is 0 Å². The average Bonchev–Trinajstić information content (AvgIpc) is 2.45. The second-order valence-electron chi connectivity index (χ2n) is 4.11. The Morgan fingerprint density at radius 1 is 1.25 bits per heavy atom. The Labute approximate surface area is 115 Å². The van der Waals surface area contributed by atoms with Gasteiger partial charge >= 0.3 is 5.97 Å². The molecule has 0 aliphatic carbocycles. The summed E-state index contributed by atoms with van der Waals surface area (Å²) in [6.07, 6.45) is 0. The molecule has 0 fully saturated rings. The number of anilines is 1. The zero-order chi connectivity index (χ0) is 14.5. The fraction of sp³-hybridized carbons (Fsp3) is 0.0667. The third-order valence-corrected chi connectivity index (χ3v) is 2.69. The van der Waals surface area contributed by atoms with Crippen molar-refractivity contribution in [2.45, 2.75) is 6.61 Å². The van der Waals surface area contributed by atoms with E-state index in [0.29, 0.717) is 16.8 Å². The van der Waals surface area contributed by atoms with Crippen LogP contribution < -0.4 is 5.73 Å². The minimum absolute atomic E-state index is 0.163. The summed E-state index contributed by atoms with van der Waals surface area (Å²) in [5.41, 5.74) is 7.00. The second kappa shape index (κ2) is 5.85. The van der Waals surface area contributed by atoms with Crippen LogP contribution >= 0.6 is 0 Å². The molecule has 100 valence electrons. The summed E-state index contributed by atoms with van der Waals surface area (Å²) in [6.45, 7) is -0.163. The molecule has 0 atom stereocenters. The van der Waals surface area contributed by atoms with Gasteiger partial charge in [-0.2, -0.15) is 5.26 Å². The number of hydrogen-bond acceptors (Lipinski definition) is 4. The number of benzene rings is 2. The fourth-order valence-electron chi connectivity index (χ4n) is 1.64. The molecular weight excluding hydrogens is 259 g/mol. The predicted molar refractivity (Wildman–Crippen MR) is 71.1 cm³/mol. The van der Waals surface area contributed by atoms with E-state index in [1.807, 2.05) is 6.07 Å². The summed E-state index contributed by atoms with van der Waals surface area (Å²) in [5.74, 6) is -1.04. The molecule has 2 rings (SSSR count). The van der Waals surface area contributed by atoms with E-state index in [1.165, 1.54) is 30.3 Å². The lowest BCUT2D eigenvalue weighted by atomic mass is 10.1. The standard InChI is InChI=1S/C15H11FN2O2/c16-13-4-1-11(8-17)12(7-13)9-20-15(19)10-2-5-14(18)6-3-10/h1-7H,9,18H2. The molecule has 0 aliphatic heterocycles. The van der Waals surface area contributed by atoms with Crippen molar-refractivity contribution in [2.75, 3.05) is 5.73 Å². The third-order valence-electron chi connectivity index (χ3n) is 2.69. The van der Waals surface area contributed by atoms with Crippen LogP contribution in [0.2, 0.25) is 0 Å². The van der Waals surface area contributed by atoms with E-state index in [0.717, 1.165) is 0 Å². The van der Waals surface area contributed by atoms with Crippen LogP contribution in [-0.4, -0.2) is 5.97 Å². The largest absolute Gasteiger partial charge is 0.457 e. The molecule has 0 aromatic heterocycles. The number of carbonyl (C=O) groups is 1. The van der Waals surface area contributed by atoms with Gasteiger partial charge in [0.1, 0.15) is 12.4 Å². The monoisotopic (exact) mass is 270 g/mol. The van der Waals surface area contributed by atoms with Gasteiger partial charge in [-0.25, -0.2) is 9.18 Å². The van der Waals surface area contributed by atoms with Gasteiger partial charge < -0.3 is 10.5 Å². The van der Waals surface area contributed by atoms with Gasteiger partial charge in [-0.3, -0.25) is 0 Å². The molecule has 0 aliphatic rings. The summed E-state index contributed by atoms with van der Waals surface area (Å²) in [5, 5.41) is 8.90. The summed E-state index contributed by atoms with van der Waals surface area (Å²) in [4.78, 5) is 11.8. The normalized spacial score (nSPS) is 9.80. The van der Waals surface area contributed by atoms with Crippen LogP contribution in [0.1, 0.15) is 21.5 Å². The van der Waals surface area contributed by atoms with Gasteiger partial charge in [0.25, 0.3) is 0 Å². The minimum atomic E-state index is -0.557. The van der Waals surface area contributed by atoms with Crippen molar-refractivity contribution in [1.82, 2.24) is 0 Å². The molecule has 0 radical (unpaired) electrons. The number of nitrogen functional groups attached to an aromatic ring is 1. The highest BCUT2D eigenvalue weighted by molar-refractivity contribution is 5.89. The number of ether oxygens (including phenoxy) is 1. The van der Waals surface area contributed by atoms with Gasteiger partial charge in [0.2, 0.25) is 0 Å². The maximum absolute atomic E-state index is 13.1. The SMILES string of the molecule is N#Cc1ccc(F)cc1COC(=O)c1ccc(N)cc1. The molecule has 0 bridgehead atoms. The van der Waals surface area contributed by atoms with Crippen molar-refractivity contribution in [3.63, 3.8) is 0 Å². The van der Waals surface area contributed by atoms with E-state index in [1.54, 1.807) is 12.1 Å². The number of carbonyl (C=O) groups excluding carboxylic acids is 1. The van der Waals surface area contributed by atoms with Crippen molar-refractivity contribution in [2.24, 2.45) is 0 Å². The highest BCUT2D eigenvalue weighted by Gasteiger charge is 2.10. The minimum Gasteiger partial charge on any atom is -0.457 e. The molecule has 2 aromatic rings. The van der Waals surface area contributed by atoms with Crippen molar-refractivity contribution in [3.05, 3.63) is 65.0 Å². The topological polar surface area (TPSA) is 76.1 Å².